The molecule has 0 aliphatic carbocycles. The van der Waals surface area contributed by atoms with Crippen LogP contribution in [-0.2, 0) is 0 Å². The van der Waals surface area contributed by atoms with E-state index in [0.29, 0.717) is 0 Å². The van der Waals surface area contributed by atoms with Crippen LogP contribution in [0.4, 0.5) is 10.1 Å². The first kappa shape index (κ1) is 7.94. The van der Waals surface area contributed by atoms with Crippen molar-refractivity contribution in [3.8, 4) is 0 Å². The van der Waals surface area contributed by atoms with E-state index in [-0.39, 0.29) is 5.69 Å². The molecule has 3 nitrogen and oxygen atoms in total. The van der Waals surface area contributed by atoms with Gasteiger partial charge in [0, 0.05) is 6.07 Å². The number of nitrogens with zero attached hydrogens (tertiary/aromatic N) is 1. The molecular formula is C6H4ClFN2O. The molecule has 1 aromatic heterocycles. The van der Waals surface area contributed by atoms with E-state index in [1.807, 2.05) is 0 Å². The first-order chi connectivity index (χ1) is 5.11. The largest absolute Gasteiger partial charge is 0.397 e. The van der Waals surface area contributed by atoms with Gasteiger partial charge in [0.2, 0.25) is 0 Å². The van der Waals surface area contributed by atoms with Crippen LogP contribution in [0.1, 0.15) is 10.5 Å². The van der Waals surface area contributed by atoms with Gasteiger partial charge in [0.25, 0.3) is 5.24 Å². The van der Waals surface area contributed by atoms with E-state index < -0.39 is 16.8 Å². The Kier molecular flexibility index (Phi) is 2.05. The van der Waals surface area contributed by atoms with Crippen molar-refractivity contribution in [1.29, 1.82) is 0 Å². The van der Waals surface area contributed by atoms with Crippen molar-refractivity contribution in [2.75, 3.05) is 5.73 Å². The maximum Gasteiger partial charge on any atom is 0.273 e. The summed E-state index contributed by atoms with van der Waals surface area (Å²) in [6.07, 6.45) is 1.17. The van der Waals surface area contributed by atoms with Gasteiger partial charge in [-0.25, -0.2) is 9.37 Å². The summed E-state index contributed by atoms with van der Waals surface area (Å²) < 4.78 is 12.7. The fraction of sp³-hybridized carbons (Fsp3) is 0. The van der Waals surface area contributed by atoms with Gasteiger partial charge in [-0.2, -0.15) is 0 Å². The van der Waals surface area contributed by atoms with E-state index in [2.05, 4.69) is 4.98 Å². The summed E-state index contributed by atoms with van der Waals surface area (Å²) in [5.74, 6) is -0.801. The minimum atomic E-state index is -0.928. The maximum absolute atomic E-state index is 12.7. The van der Waals surface area contributed by atoms with Crippen LogP contribution in [0.5, 0.6) is 0 Å². The monoisotopic (exact) mass is 174 g/mol. The van der Waals surface area contributed by atoms with Gasteiger partial charge in [0.15, 0.2) is 11.5 Å². The average Bonchev–Trinajstić information content (AvgIpc) is 1.85. The Bertz CT molecular complexity index is 303. The SMILES string of the molecule is Nc1cnc(C(=O)Cl)c(F)c1. The predicted molar refractivity (Wildman–Crippen MR) is 38.8 cm³/mol. The smallest absolute Gasteiger partial charge is 0.273 e. The topological polar surface area (TPSA) is 56.0 Å². The molecule has 0 saturated heterocycles. The summed E-state index contributed by atoms with van der Waals surface area (Å²) in [6, 6.07) is 0.989. The lowest BCUT2D eigenvalue weighted by Gasteiger charge is -1.95. The molecule has 0 aliphatic rings. The van der Waals surface area contributed by atoms with E-state index in [1.54, 1.807) is 0 Å². The van der Waals surface area contributed by atoms with E-state index in [0.717, 1.165) is 6.07 Å². The Balaban J connectivity index is 3.20. The summed E-state index contributed by atoms with van der Waals surface area (Å²) >= 11 is 4.98. The summed E-state index contributed by atoms with van der Waals surface area (Å²) in [4.78, 5) is 13.8. The Morgan fingerprint density at radius 1 is 1.73 bits per heavy atom. The zero-order valence-corrected chi connectivity index (χ0v) is 6.10. The molecule has 58 valence electrons. The van der Waals surface area contributed by atoms with Crippen molar-refractivity contribution >= 4 is 22.5 Å². The van der Waals surface area contributed by atoms with Gasteiger partial charge in [0.1, 0.15) is 0 Å². The summed E-state index contributed by atoms with van der Waals surface area (Å²) in [5, 5.41) is -0.928. The Morgan fingerprint density at radius 3 is 2.82 bits per heavy atom. The highest BCUT2D eigenvalue weighted by Gasteiger charge is 2.09. The molecule has 0 unspecified atom stereocenters. The normalized spacial score (nSPS) is 9.64. The molecule has 0 aromatic carbocycles. The van der Waals surface area contributed by atoms with Gasteiger partial charge in [-0.3, -0.25) is 4.79 Å². The summed E-state index contributed by atoms with van der Waals surface area (Å²) in [7, 11) is 0. The number of rotatable bonds is 1. The highest BCUT2D eigenvalue weighted by Crippen LogP contribution is 2.09. The van der Waals surface area contributed by atoms with Gasteiger partial charge < -0.3 is 5.73 Å². The molecule has 0 bridgehead atoms. The lowest BCUT2D eigenvalue weighted by Crippen LogP contribution is -2.00. The molecule has 2 N–H and O–H groups in total. The van der Waals surface area contributed by atoms with Gasteiger partial charge in [-0.1, -0.05) is 0 Å². The molecule has 0 amide bonds. The molecule has 1 rings (SSSR count). The first-order valence-electron chi connectivity index (χ1n) is 2.72. The molecule has 0 radical (unpaired) electrons. The van der Waals surface area contributed by atoms with E-state index in [9.17, 15) is 9.18 Å². The third-order valence-corrected chi connectivity index (χ3v) is 1.23. The van der Waals surface area contributed by atoms with Crippen molar-refractivity contribution < 1.29 is 9.18 Å². The quantitative estimate of drug-likeness (QED) is 0.651. The number of halogens is 2. The van der Waals surface area contributed by atoms with Gasteiger partial charge in [0.05, 0.1) is 11.9 Å². The third kappa shape index (κ3) is 1.65. The van der Waals surface area contributed by atoms with Crippen molar-refractivity contribution in [1.82, 2.24) is 4.98 Å². The van der Waals surface area contributed by atoms with Gasteiger partial charge in [-0.05, 0) is 11.6 Å². The predicted octanol–water partition coefficient (Wildman–Crippen LogP) is 1.18. The number of nitrogens with two attached hydrogens (primary N) is 1. The van der Waals surface area contributed by atoms with Crippen LogP contribution < -0.4 is 5.73 Å². The molecule has 0 spiro atoms. The fourth-order valence-electron chi connectivity index (χ4n) is 0.597. The Hall–Kier alpha value is -1.16. The lowest BCUT2D eigenvalue weighted by atomic mass is 10.3. The number of pyridine rings is 1. The molecule has 0 saturated carbocycles. The Labute approximate surface area is 67.0 Å². The molecule has 11 heavy (non-hydrogen) atoms. The van der Waals surface area contributed by atoms with Gasteiger partial charge >= 0.3 is 0 Å². The van der Waals surface area contributed by atoms with E-state index in [1.165, 1.54) is 6.20 Å². The van der Waals surface area contributed by atoms with E-state index >= 15 is 0 Å². The van der Waals surface area contributed by atoms with Crippen LogP contribution in [-0.4, -0.2) is 10.2 Å². The van der Waals surface area contributed by atoms with Crippen molar-refractivity contribution in [2.24, 2.45) is 0 Å². The highest BCUT2D eigenvalue weighted by molar-refractivity contribution is 6.67. The third-order valence-electron chi connectivity index (χ3n) is 1.05. The van der Waals surface area contributed by atoms with Crippen molar-refractivity contribution in [3.05, 3.63) is 23.8 Å². The van der Waals surface area contributed by atoms with Crippen LogP contribution in [0.2, 0.25) is 0 Å². The second kappa shape index (κ2) is 2.84. The Morgan fingerprint density at radius 2 is 2.36 bits per heavy atom. The molecule has 0 fully saturated rings. The van der Waals surface area contributed by atoms with E-state index in [4.69, 9.17) is 17.3 Å². The number of hydrogen-bond donors (Lipinski definition) is 1. The second-order valence-corrected chi connectivity index (χ2v) is 2.22. The minimum Gasteiger partial charge on any atom is -0.397 e. The summed E-state index contributed by atoms with van der Waals surface area (Å²) in [5.41, 5.74) is 4.93. The molecular weight excluding hydrogens is 171 g/mol. The summed E-state index contributed by atoms with van der Waals surface area (Å²) in [6.45, 7) is 0. The molecule has 5 heteroatoms. The van der Waals surface area contributed by atoms with Crippen LogP contribution >= 0.6 is 11.6 Å². The molecule has 0 aliphatic heterocycles. The van der Waals surface area contributed by atoms with Crippen molar-refractivity contribution in [3.63, 3.8) is 0 Å². The number of hydrogen-bond acceptors (Lipinski definition) is 3. The van der Waals surface area contributed by atoms with Gasteiger partial charge in [-0.15, -0.1) is 0 Å². The molecule has 0 atom stereocenters. The standard InChI is InChI=1S/C6H4ClFN2O/c7-6(11)5-4(8)1-3(9)2-10-5/h1-2H,9H2. The maximum atomic E-state index is 12.7. The number of carbonyl (C=O) groups excluding carboxylic acids is 1. The van der Waals surface area contributed by atoms with Crippen LogP contribution in [0.25, 0.3) is 0 Å². The second-order valence-electron chi connectivity index (χ2n) is 1.87. The molecule has 1 aromatic rings. The molecule has 1 heterocycles. The van der Waals surface area contributed by atoms with Crippen molar-refractivity contribution in [2.45, 2.75) is 0 Å². The number of aromatic nitrogens is 1. The zero-order chi connectivity index (χ0) is 8.43. The number of carbonyl (C=O) groups is 1. The highest BCUT2D eigenvalue weighted by atomic mass is 35.5. The average molecular weight is 175 g/mol. The lowest BCUT2D eigenvalue weighted by molar-refractivity contribution is 0.107. The first-order valence-corrected chi connectivity index (χ1v) is 3.10. The fourth-order valence-corrected chi connectivity index (χ4v) is 0.736. The van der Waals surface area contributed by atoms with Crippen LogP contribution in [0, 0.1) is 5.82 Å². The number of anilines is 1. The van der Waals surface area contributed by atoms with Crippen LogP contribution in [0.3, 0.4) is 0 Å². The number of nitrogen functional groups attached to an aromatic ring is 1. The van der Waals surface area contributed by atoms with Crippen LogP contribution in [0.15, 0.2) is 12.3 Å². The minimum absolute atomic E-state index is 0.157. The zero-order valence-electron chi connectivity index (χ0n) is 5.34.